The first-order valence-corrected chi connectivity index (χ1v) is 7.61. The number of nitrogens with one attached hydrogen (secondary N) is 1. The second-order valence-corrected chi connectivity index (χ2v) is 5.76. The van der Waals surface area contributed by atoms with E-state index < -0.39 is 0 Å². The zero-order valence-corrected chi connectivity index (χ0v) is 12.4. The monoisotopic (exact) mass is 313 g/mol. The van der Waals surface area contributed by atoms with Crippen LogP contribution in [0.25, 0.3) is 11.0 Å². The predicted molar refractivity (Wildman–Crippen MR) is 82.0 cm³/mol. The molecule has 118 valence electrons. The highest BCUT2D eigenvalue weighted by Gasteiger charge is 2.32. The van der Waals surface area contributed by atoms with Crippen molar-refractivity contribution in [3.8, 4) is 0 Å². The van der Waals surface area contributed by atoms with E-state index in [1.54, 1.807) is 29.4 Å². The fourth-order valence-electron chi connectivity index (χ4n) is 3.14. The number of aromatic nitrogens is 4. The van der Waals surface area contributed by atoms with Gasteiger partial charge < -0.3 is 14.5 Å². The van der Waals surface area contributed by atoms with Gasteiger partial charge in [0.2, 0.25) is 5.91 Å². The first-order valence-electron chi connectivity index (χ1n) is 7.61. The first-order chi connectivity index (χ1) is 11.2. The Kier molecular flexibility index (Phi) is 3.33. The SMILES string of the molecule is O=C(Cn1ccnc1)N1CCCC1c1nc2ccc(F)cc2[nH]1. The van der Waals surface area contributed by atoms with Crippen molar-refractivity contribution in [2.45, 2.75) is 25.4 Å². The van der Waals surface area contributed by atoms with Gasteiger partial charge in [-0.1, -0.05) is 0 Å². The molecule has 1 aliphatic rings. The van der Waals surface area contributed by atoms with Crippen molar-refractivity contribution in [2.24, 2.45) is 0 Å². The summed E-state index contributed by atoms with van der Waals surface area (Å²) in [5.41, 5.74) is 1.38. The van der Waals surface area contributed by atoms with Gasteiger partial charge in [-0.3, -0.25) is 4.79 Å². The molecule has 0 bridgehead atoms. The molecule has 1 N–H and O–H groups in total. The smallest absolute Gasteiger partial charge is 0.243 e. The molecule has 1 unspecified atom stereocenters. The molecule has 1 saturated heterocycles. The second kappa shape index (κ2) is 5.49. The number of hydrogen-bond acceptors (Lipinski definition) is 3. The number of fused-ring (bicyclic) bond motifs is 1. The highest BCUT2D eigenvalue weighted by atomic mass is 19.1. The summed E-state index contributed by atoms with van der Waals surface area (Å²) >= 11 is 0. The zero-order chi connectivity index (χ0) is 15.8. The number of H-pyrrole nitrogens is 1. The lowest BCUT2D eigenvalue weighted by molar-refractivity contribution is -0.132. The number of carbonyl (C=O) groups excluding carboxylic acids is 1. The molecule has 3 heterocycles. The molecule has 0 saturated carbocycles. The third kappa shape index (κ3) is 2.58. The summed E-state index contributed by atoms with van der Waals surface area (Å²) in [5, 5.41) is 0. The van der Waals surface area contributed by atoms with E-state index in [0.29, 0.717) is 12.1 Å². The molecule has 2 aromatic heterocycles. The number of carbonyl (C=O) groups is 1. The van der Waals surface area contributed by atoms with Gasteiger partial charge in [-0.05, 0) is 31.0 Å². The molecule has 7 heteroatoms. The van der Waals surface area contributed by atoms with Crippen LogP contribution in [0.2, 0.25) is 0 Å². The highest BCUT2D eigenvalue weighted by molar-refractivity contribution is 5.78. The Hall–Kier alpha value is -2.70. The molecule has 0 spiro atoms. The third-order valence-corrected chi connectivity index (χ3v) is 4.23. The van der Waals surface area contributed by atoms with Crippen molar-refractivity contribution >= 4 is 16.9 Å². The molecule has 1 aromatic carbocycles. The number of imidazole rings is 2. The van der Waals surface area contributed by atoms with E-state index >= 15 is 0 Å². The number of halogens is 1. The average molecular weight is 313 g/mol. The van der Waals surface area contributed by atoms with Gasteiger partial charge in [-0.25, -0.2) is 14.4 Å². The third-order valence-electron chi connectivity index (χ3n) is 4.23. The summed E-state index contributed by atoms with van der Waals surface area (Å²) in [6.07, 6.45) is 6.85. The summed E-state index contributed by atoms with van der Waals surface area (Å²) < 4.78 is 15.1. The van der Waals surface area contributed by atoms with Crippen LogP contribution >= 0.6 is 0 Å². The molecule has 6 nitrogen and oxygen atoms in total. The van der Waals surface area contributed by atoms with Crippen LogP contribution < -0.4 is 0 Å². The van der Waals surface area contributed by atoms with Gasteiger partial charge in [-0.15, -0.1) is 0 Å². The van der Waals surface area contributed by atoms with Crippen LogP contribution in [0.5, 0.6) is 0 Å². The minimum absolute atomic E-state index is 0.0390. The largest absolute Gasteiger partial charge is 0.340 e. The van der Waals surface area contributed by atoms with Crippen LogP contribution in [0.15, 0.2) is 36.9 Å². The molecular weight excluding hydrogens is 297 g/mol. The summed E-state index contributed by atoms with van der Waals surface area (Å²) in [5.74, 6) is 0.464. The maximum absolute atomic E-state index is 13.3. The van der Waals surface area contributed by atoms with E-state index in [-0.39, 0.29) is 24.3 Å². The van der Waals surface area contributed by atoms with E-state index in [4.69, 9.17) is 0 Å². The molecule has 1 atom stereocenters. The van der Waals surface area contributed by atoms with E-state index in [2.05, 4.69) is 15.0 Å². The Labute approximate surface area is 132 Å². The first kappa shape index (κ1) is 13.9. The van der Waals surface area contributed by atoms with Crippen LogP contribution in [-0.4, -0.2) is 36.9 Å². The van der Waals surface area contributed by atoms with Gasteiger partial charge in [0, 0.05) is 18.9 Å². The number of rotatable bonds is 3. The summed E-state index contributed by atoms with van der Waals surface area (Å²) in [7, 11) is 0. The second-order valence-electron chi connectivity index (χ2n) is 5.76. The van der Waals surface area contributed by atoms with Crippen LogP contribution in [0.1, 0.15) is 24.7 Å². The maximum Gasteiger partial charge on any atom is 0.243 e. The fourth-order valence-corrected chi connectivity index (χ4v) is 3.14. The van der Waals surface area contributed by atoms with Crippen LogP contribution in [0.4, 0.5) is 4.39 Å². The van der Waals surface area contributed by atoms with Crippen molar-refractivity contribution in [3.63, 3.8) is 0 Å². The van der Waals surface area contributed by atoms with Crippen molar-refractivity contribution in [3.05, 3.63) is 48.6 Å². The van der Waals surface area contributed by atoms with Crippen LogP contribution in [0, 0.1) is 5.82 Å². The number of aromatic amines is 1. The topological polar surface area (TPSA) is 66.8 Å². The zero-order valence-electron chi connectivity index (χ0n) is 12.4. The van der Waals surface area contributed by atoms with Crippen molar-refractivity contribution < 1.29 is 9.18 Å². The Bertz CT molecular complexity index is 841. The van der Waals surface area contributed by atoms with E-state index in [9.17, 15) is 9.18 Å². The number of hydrogen-bond donors (Lipinski definition) is 1. The summed E-state index contributed by atoms with van der Waals surface area (Å²) in [4.78, 5) is 26.0. The Morgan fingerprint density at radius 2 is 2.35 bits per heavy atom. The Morgan fingerprint density at radius 3 is 3.17 bits per heavy atom. The molecule has 0 radical (unpaired) electrons. The molecular formula is C16H16FN5O. The van der Waals surface area contributed by atoms with Crippen molar-refractivity contribution in [1.82, 2.24) is 24.4 Å². The number of likely N-dealkylation sites (tertiary alicyclic amines) is 1. The van der Waals surface area contributed by atoms with Gasteiger partial charge in [0.1, 0.15) is 18.2 Å². The Balaban J connectivity index is 1.59. The van der Waals surface area contributed by atoms with Gasteiger partial charge in [0.05, 0.1) is 23.4 Å². The minimum atomic E-state index is -0.299. The van der Waals surface area contributed by atoms with Gasteiger partial charge >= 0.3 is 0 Å². The molecule has 3 aromatic rings. The minimum Gasteiger partial charge on any atom is -0.340 e. The van der Waals surface area contributed by atoms with E-state index in [0.717, 1.165) is 24.2 Å². The lowest BCUT2D eigenvalue weighted by atomic mass is 10.2. The highest BCUT2D eigenvalue weighted by Crippen LogP contribution is 2.31. The molecule has 1 aliphatic heterocycles. The van der Waals surface area contributed by atoms with E-state index in [1.165, 1.54) is 12.1 Å². The van der Waals surface area contributed by atoms with Crippen molar-refractivity contribution in [2.75, 3.05) is 6.54 Å². The normalized spacial score (nSPS) is 18.0. The van der Waals surface area contributed by atoms with Crippen LogP contribution in [0.3, 0.4) is 0 Å². The number of amides is 1. The molecule has 1 fully saturated rings. The molecule has 1 amide bonds. The fraction of sp³-hybridized carbons (Fsp3) is 0.312. The Morgan fingerprint density at radius 1 is 1.43 bits per heavy atom. The van der Waals surface area contributed by atoms with Gasteiger partial charge in [-0.2, -0.15) is 0 Å². The maximum atomic E-state index is 13.3. The lowest BCUT2D eigenvalue weighted by Crippen LogP contribution is -2.33. The van der Waals surface area contributed by atoms with Gasteiger partial charge in [0.15, 0.2) is 0 Å². The summed E-state index contributed by atoms with van der Waals surface area (Å²) in [6, 6.07) is 4.39. The van der Waals surface area contributed by atoms with Gasteiger partial charge in [0.25, 0.3) is 0 Å². The number of benzene rings is 1. The standard InChI is InChI=1S/C16H16FN5O/c17-11-3-4-12-13(8-11)20-16(19-12)14-2-1-6-22(14)15(23)9-21-7-5-18-10-21/h3-5,7-8,10,14H,1-2,6,9H2,(H,19,20). The van der Waals surface area contributed by atoms with E-state index in [1.807, 2.05) is 4.90 Å². The quantitative estimate of drug-likeness (QED) is 0.806. The predicted octanol–water partition coefficient (Wildman–Crippen LogP) is 2.26. The lowest BCUT2D eigenvalue weighted by Gasteiger charge is -2.23. The molecule has 4 rings (SSSR count). The van der Waals surface area contributed by atoms with Crippen molar-refractivity contribution in [1.29, 1.82) is 0 Å². The number of nitrogens with zero attached hydrogens (tertiary/aromatic N) is 4. The molecule has 0 aliphatic carbocycles. The van der Waals surface area contributed by atoms with Crippen LogP contribution in [-0.2, 0) is 11.3 Å². The average Bonchev–Trinajstić information content (AvgIpc) is 3.26. The molecule has 23 heavy (non-hydrogen) atoms. The summed E-state index contributed by atoms with van der Waals surface area (Å²) in [6.45, 7) is 0.981.